The maximum absolute atomic E-state index is 10.3. The Balaban J connectivity index is 1.66. The van der Waals surface area contributed by atoms with Crippen LogP contribution in [0.4, 0.5) is 0 Å². The Morgan fingerprint density at radius 2 is 1.89 bits per heavy atom. The van der Waals surface area contributed by atoms with Crippen molar-refractivity contribution >= 4 is 0 Å². The summed E-state index contributed by atoms with van der Waals surface area (Å²) in [5.41, 5.74) is 5.18. The lowest BCUT2D eigenvalue weighted by atomic mass is 9.62. The Hall–Kier alpha value is -1.08. The maximum atomic E-state index is 10.3. The topological polar surface area (TPSA) is 20.2 Å². The number of unbranched alkanes of at least 4 members (excludes halogenated alkanes) is 1. The monoisotopic (exact) mass is 382 g/mol. The second-order valence-corrected chi connectivity index (χ2v) is 10.4. The minimum Gasteiger partial charge on any atom is -0.384 e. The van der Waals surface area contributed by atoms with Crippen LogP contribution in [0.5, 0.6) is 0 Å². The van der Waals surface area contributed by atoms with Gasteiger partial charge in [-0.1, -0.05) is 70.9 Å². The lowest BCUT2D eigenvalue weighted by Gasteiger charge is -2.42. The third-order valence-electron chi connectivity index (χ3n) is 8.09. The zero-order valence-corrected chi connectivity index (χ0v) is 18.6. The van der Waals surface area contributed by atoms with Crippen molar-refractivity contribution in [1.82, 2.24) is 0 Å². The van der Waals surface area contributed by atoms with Crippen molar-refractivity contribution in [3.63, 3.8) is 0 Å². The average Bonchev–Trinajstić information content (AvgIpc) is 2.99. The van der Waals surface area contributed by atoms with Gasteiger partial charge >= 0.3 is 0 Å². The van der Waals surface area contributed by atoms with E-state index < -0.39 is 6.10 Å². The summed E-state index contributed by atoms with van der Waals surface area (Å²) in [5, 5.41) is 10.3. The molecule has 0 aromatic rings. The molecule has 0 heterocycles. The van der Waals surface area contributed by atoms with Gasteiger partial charge < -0.3 is 5.11 Å². The van der Waals surface area contributed by atoms with Gasteiger partial charge in [-0.25, -0.2) is 0 Å². The van der Waals surface area contributed by atoms with E-state index in [4.69, 9.17) is 0 Å². The standard InChI is InChI=1S/C27H42O/c1-19(2)9-6-7-11-24-16-17-25-23(10-8-18-27(24,25)5)15-14-22-13-12-20(3)26(28)21(22)4/h14-15,19,24-26,28H,3-4,6-13,16-18H2,1-2,5H3/b22-14-,23-15+. The van der Waals surface area contributed by atoms with E-state index in [0.29, 0.717) is 5.41 Å². The van der Waals surface area contributed by atoms with E-state index in [1.807, 2.05) is 0 Å². The summed E-state index contributed by atoms with van der Waals surface area (Å²) in [7, 11) is 0. The van der Waals surface area contributed by atoms with Gasteiger partial charge in [0, 0.05) is 0 Å². The summed E-state index contributed by atoms with van der Waals surface area (Å²) in [6.07, 6.45) is 18.4. The fourth-order valence-corrected chi connectivity index (χ4v) is 6.18. The molecule has 0 saturated heterocycles. The van der Waals surface area contributed by atoms with Gasteiger partial charge in [-0.15, -0.1) is 0 Å². The molecule has 4 unspecified atom stereocenters. The molecule has 0 aromatic carbocycles. The fourth-order valence-electron chi connectivity index (χ4n) is 6.18. The third-order valence-corrected chi connectivity index (χ3v) is 8.09. The molecule has 0 radical (unpaired) electrons. The zero-order valence-electron chi connectivity index (χ0n) is 18.6. The molecule has 3 fully saturated rings. The Bertz CT molecular complexity index is 649. The van der Waals surface area contributed by atoms with Gasteiger partial charge in [0.2, 0.25) is 0 Å². The summed E-state index contributed by atoms with van der Waals surface area (Å²) in [5.74, 6) is 2.52. The van der Waals surface area contributed by atoms with Gasteiger partial charge in [-0.05, 0) is 91.3 Å². The SMILES string of the molecule is C=C1CC/C(=C/C=C2\CCCC3(C)C(CCCCC(C)C)CCC23)C(=C)C1O. The molecule has 0 aromatic heterocycles. The molecule has 0 bridgehead atoms. The Kier molecular flexibility index (Phi) is 7.07. The van der Waals surface area contributed by atoms with Gasteiger partial charge in [0.05, 0.1) is 6.10 Å². The van der Waals surface area contributed by atoms with Crippen LogP contribution >= 0.6 is 0 Å². The number of allylic oxidation sites excluding steroid dienone is 3. The van der Waals surface area contributed by atoms with Crippen molar-refractivity contribution in [1.29, 1.82) is 0 Å². The van der Waals surface area contributed by atoms with Gasteiger partial charge in [-0.3, -0.25) is 0 Å². The minimum absolute atomic E-state index is 0.512. The van der Waals surface area contributed by atoms with Gasteiger partial charge in [0.25, 0.3) is 0 Å². The summed E-state index contributed by atoms with van der Waals surface area (Å²) in [4.78, 5) is 0. The van der Waals surface area contributed by atoms with Crippen molar-refractivity contribution in [2.75, 3.05) is 0 Å². The first-order valence-corrected chi connectivity index (χ1v) is 11.8. The fraction of sp³-hybridized carbons (Fsp3) is 0.704. The third kappa shape index (κ3) is 4.56. The highest BCUT2D eigenvalue weighted by Gasteiger charge is 2.48. The molecule has 28 heavy (non-hydrogen) atoms. The van der Waals surface area contributed by atoms with E-state index in [1.165, 1.54) is 63.4 Å². The first-order chi connectivity index (χ1) is 13.3. The number of aliphatic hydroxyl groups excluding tert-OH is 1. The molecule has 4 atom stereocenters. The molecule has 0 aliphatic heterocycles. The lowest BCUT2D eigenvalue weighted by Crippen LogP contribution is -2.33. The van der Waals surface area contributed by atoms with Crippen LogP contribution < -0.4 is 0 Å². The molecule has 3 aliphatic rings. The molecule has 0 spiro atoms. The number of hydrogen-bond acceptors (Lipinski definition) is 1. The predicted molar refractivity (Wildman–Crippen MR) is 121 cm³/mol. The van der Waals surface area contributed by atoms with Crippen molar-refractivity contribution in [3.8, 4) is 0 Å². The van der Waals surface area contributed by atoms with Gasteiger partial charge in [-0.2, -0.15) is 0 Å². The highest BCUT2D eigenvalue weighted by atomic mass is 16.3. The second kappa shape index (κ2) is 9.16. The van der Waals surface area contributed by atoms with Crippen LogP contribution in [0.1, 0.15) is 91.4 Å². The Morgan fingerprint density at radius 3 is 2.64 bits per heavy atom. The van der Waals surface area contributed by atoms with Gasteiger partial charge in [0.1, 0.15) is 0 Å². The van der Waals surface area contributed by atoms with Crippen LogP contribution in [-0.2, 0) is 0 Å². The van der Waals surface area contributed by atoms with Crippen LogP contribution in [0.2, 0.25) is 0 Å². The minimum atomic E-state index is -0.545. The van der Waals surface area contributed by atoms with Gasteiger partial charge in [0.15, 0.2) is 0 Å². The summed E-state index contributed by atoms with van der Waals surface area (Å²) < 4.78 is 0. The highest BCUT2D eigenvalue weighted by Crippen LogP contribution is 2.58. The van der Waals surface area contributed by atoms with Crippen LogP contribution in [0, 0.1) is 23.2 Å². The smallest absolute Gasteiger partial charge is 0.0995 e. The molecule has 1 nitrogen and oxygen atoms in total. The normalized spacial score (nSPS) is 36.5. The van der Waals surface area contributed by atoms with E-state index in [2.05, 4.69) is 46.1 Å². The maximum Gasteiger partial charge on any atom is 0.0995 e. The van der Waals surface area contributed by atoms with Crippen LogP contribution in [0.3, 0.4) is 0 Å². The van der Waals surface area contributed by atoms with E-state index in [1.54, 1.807) is 5.57 Å². The van der Waals surface area contributed by atoms with E-state index in [-0.39, 0.29) is 0 Å². The van der Waals surface area contributed by atoms with Crippen molar-refractivity contribution in [2.45, 2.75) is 97.5 Å². The summed E-state index contributed by atoms with van der Waals surface area (Å²) in [6, 6.07) is 0. The average molecular weight is 383 g/mol. The van der Waals surface area contributed by atoms with Crippen LogP contribution in [-0.4, -0.2) is 11.2 Å². The second-order valence-electron chi connectivity index (χ2n) is 10.4. The largest absolute Gasteiger partial charge is 0.384 e. The summed E-state index contributed by atoms with van der Waals surface area (Å²) >= 11 is 0. The van der Waals surface area contributed by atoms with Crippen LogP contribution in [0.25, 0.3) is 0 Å². The van der Waals surface area contributed by atoms with E-state index >= 15 is 0 Å². The van der Waals surface area contributed by atoms with E-state index in [0.717, 1.165) is 41.7 Å². The lowest BCUT2D eigenvalue weighted by molar-refractivity contribution is 0.127. The molecular formula is C27H42O. The molecule has 0 amide bonds. The molecule has 3 saturated carbocycles. The quantitative estimate of drug-likeness (QED) is 0.371. The Labute approximate surface area is 173 Å². The van der Waals surface area contributed by atoms with E-state index in [9.17, 15) is 5.11 Å². The molecular weight excluding hydrogens is 340 g/mol. The number of rotatable bonds is 6. The number of hydrogen-bond donors (Lipinski definition) is 1. The Morgan fingerprint density at radius 1 is 1.11 bits per heavy atom. The predicted octanol–water partition coefficient (Wildman–Crippen LogP) is 7.54. The first-order valence-electron chi connectivity index (χ1n) is 11.8. The van der Waals surface area contributed by atoms with Crippen molar-refractivity contribution in [2.24, 2.45) is 23.2 Å². The number of fused-ring (bicyclic) bond motifs is 1. The van der Waals surface area contributed by atoms with Crippen LogP contribution in [0.15, 0.2) is 47.6 Å². The zero-order chi connectivity index (χ0) is 20.3. The molecule has 1 heteroatoms. The molecule has 3 aliphatic carbocycles. The highest BCUT2D eigenvalue weighted by molar-refractivity contribution is 5.43. The molecule has 1 N–H and O–H groups in total. The van der Waals surface area contributed by atoms with Crippen molar-refractivity contribution in [3.05, 3.63) is 47.6 Å². The first kappa shape index (κ1) is 21.6. The number of aliphatic hydroxyl groups is 1. The summed E-state index contributed by atoms with van der Waals surface area (Å²) in [6.45, 7) is 15.4. The molecule has 156 valence electrons. The van der Waals surface area contributed by atoms with Crippen molar-refractivity contribution < 1.29 is 5.11 Å². The molecule has 3 rings (SSSR count).